The number of carbonyl (C=O) groups is 1. The van der Waals surface area contributed by atoms with Gasteiger partial charge in [-0.2, -0.15) is 4.99 Å². The number of aryl methyl sites for hydroxylation is 1. The summed E-state index contributed by atoms with van der Waals surface area (Å²) in [7, 11) is 0. The van der Waals surface area contributed by atoms with E-state index in [9.17, 15) is 4.79 Å². The van der Waals surface area contributed by atoms with Crippen LogP contribution in [0.15, 0.2) is 40.8 Å². The molecule has 0 saturated heterocycles. The molecule has 0 aliphatic carbocycles. The van der Waals surface area contributed by atoms with Crippen LogP contribution < -0.4 is 4.80 Å². The van der Waals surface area contributed by atoms with Gasteiger partial charge in [0, 0.05) is 32.0 Å². The van der Waals surface area contributed by atoms with E-state index in [-0.39, 0.29) is 5.91 Å². The van der Waals surface area contributed by atoms with Gasteiger partial charge in [0.2, 0.25) is 0 Å². The van der Waals surface area contributed by atoms with E-state index in [1.165, 1.54) is 10.1 Å². The summed E-state index contributed by atoms with van der Waals surface area (Å²) in [5.74, 6) is -0.0948. The van der Waals surface area contributed by atoms with Crippen LogP contribution in [0.5, 0.6) is 0 Å². The molecule has 114 valence electrons. The van der Waals surface area contributed by atoms with Crippen molar-refractivity contribution in [1.82, 2.24) is 4.57 Å². The molecule has 0 aliphatic heterocycles. The molecule has 0 fully saturated rings. The van der Waals surface area contributed by atoms with Gasteiger partial charge in [0.1, 0.15) is 0 Å². The van der Waals surface area contributed by atoms with Crippen LogP contribution >= 0.6 is 22.7 Å². The largest absolute Gasteiger partial charge is 0.291 e. The highest BCUT2D eigenvalue weighted by Gasteiger charge is 2.21. The number of carbonyl (C=O) groups excluding carboxylic acids is 1. The van der Waals surface area contributed by atoms with E-state index < -0.39 is 5.41 Å². The number of benzene rings is 1. The zero-order valence-electron chi connectivity index (χ0n) is 13.1. The average Bonchev–Trinajstić information content (AvgIpc) is 3.01. The Morgan fingerprint density at radius 2 is 1.95 bits per heavy atom. The smallest absolute Gasteiger partial charge is 0.253 e. The molecule has 0 unspecified atom stereocenters. The van der Waals surface area contributed by atoms with Crippen LogP contribution in [0.4, 0.5) is 0 Å². The first-order valence-electron chi connectivity index (χ1n) is 7.11. The van der Waals surface area contributed by atoms with Crippen LogP contribution in [0.2, 0.25) is 0 Å². The third-order valence-electron chi connectivity index (χ3n) is 3.33. The summed E-state index contributed by atoms with van der Waals surface area (Å²) in [5, 5.41) is 3.31. The fourth-order valence-corrected chi connectivity index (χ4v) is 3.87. The monoisotopic (exact) mass is 330 g/mol. The van der Waals surface area contributed by atoms with Crippen molar-refractivity contribution in [2.24, 2.45) is 10.4 Å². The van der Waals surface area contributed by atoms with Crippen molar-refractivity contribution in [2.45, 2.75) is 27.7 Å². The molecular formula is C17H18N2OS2. The number of thiazole rings is 1. The number of hydrogen-bond acceptors (Lipinski definition) is 3. The number of fused-ring (bicyclic) bond motifs is 1. The number of aromatic nitrogens is 1. The van der Waals surface area contributed by atoms with Crippen molar-refractivity contribution in [2.75, 3.05) is 0 Å². The molecule has 2 heterocycles. The van der Waals surface area contributed by atoms with Crippen molar-refractivity contribution in [3.63, 3.8) is 0 Å². The summed E-state index contributed by atoms with van der Waals surface area (Å²) in [6.45, 7) is 7.72. The summed E-state index contributed by atoms with van der Waals surface area (Å²) in [6.07, 6.45) is 2.05. The fraction of sp³-hybridized carbons (Fsp3) is 0.294. The molecule has 3 aromatic rings. The van der Waals surface area contributed by atoms with Crippen molar-refractivity contribution in [3.05, 3.63) is 45.5 Å². The van der Waals surface area contributed by atoms with E-state index in [0.717, 1.165) is 15.4 Å². The maximum atomic E-state index is 12.3. The second-order valence-electron chi connectivity index (χ2n) is 6.28. The molecule has 0 spiro atoms. The van der Waals surface area contributed by atoms with E-state index in [1.54, 1.807) is 22.7 Å². The fourth-order valence-electron chi connectivity index (χ4n) is 2.11. The Kier molecular flexibility index (Phi) is 3.78. The van der Waals surface area contributed by atoms with Gasteiger partial charge in [0.25, 0.3) is 5.91 Å². The summed E-state index contributed by atoms with van der Waals surface area (Å²) in [4.78, 5) is 18.5. The maximum absolute atomic E-state index is 12.3. The zero-order valence-corrected chi connectivity index (χ0v) is 14.7. The third kappa shape index (κ3) is 2.78. The Bertz CT molecular complexity index is 907. The van der Waals surface area contributed by atoms with Crippen molar-refractivity contribution >= 4 is 38.7 Å². The maximum Gasteiger partial charge on any atom is 0.253 e. The minimum atomic E-state index is -0.466. The minimum Gasteiger partial charge on any atom is -0.291 e. The Hall–Kier alpha value is -1.72. The Labute approximate surface area is 137 Å². The van der Waals surface area contributed by atoms with E-state index in [4.69, 9.17) is 0 Å². The molecular weight excluding hydrogens is 312 g/mol. The standard InChI is InChI=1S/C17H18N2OS2/c1-11-9-19(16(22-11)18-15(20)17(2,3)4)13-10-21-14-8-6-5-7-12(13)14/h5-10H,1-4H3. The van der Waals surface area contributed by atoms with Gasteiger partial charge in [-0.3, -0.25) is 9.36 Å². The van der Waals surface area contributed by atoms with Crippen LogP contribution in [-0.2, 0) is 4.79 Å². The average molecular weight is 330 g/mol. The zero-order chi connectivity index (χ0) is 15.9. The van der Waals surface area contributed by atoms with E-state index >= 15 is 0 Å². The van der Waals surface area contributed by atoms with Crippen LogP contribution in [0, 0.1) is 12.3 Å². The molecule has 2 aromatic heterocycles. The molecule has 22 heavy (non-hydrogen) atoms. The number of hydrogen-bond donors (Lipinski definition) is 0. The second kappa shape index (κ2) is 5.48. The van der Waals surface area contributed by atoms with Gasteiger partial charge in [-0.15, -0.1) is 22.7 Å². The summed E-state index contributed by atoms with van der Waals surface area (Å²) >= 11 is 3.25. The lowest BCUT2D eigenvalue weighted by molar-refractivity contribution is -0.125. The first-order chi connectivity index (χ1) is 10.4. The van der Waals surface area contributed by atoms with Crippen LogP contribution in [0.25, 0.3) is 15.8 Å². The normalized spacial score (nSPS) is 13.0. The molecule has 3 nitrogen and oxygen atoms in total. The van der Waals surface area contributed by atoms with E-state index in [2.05, 4.69) is 22.5 Å². The molecule has 1 amide bonds. The number of nitrogens with zero attached hydrogens (tertiary/aromatic N) is 2. The summed E-state index contributed by atoms with van der Waals surface area (Å²) < 4.78 is 3.27. The van der Waals surface area contributed by atoms with Crippen LogP contribution in [-0.4, -0.2) is 10.5 Å². The lowest BCUT2D eigenvalue weighted by Crippen LogP contribution is -2.22. The summed E-state index contributed by atoms with van der Waals surface area (Å²) in [5.41, 5.74) is 0.623. The predicted octanol–water partition coefficient (Wildman–Crippen LogP) is 4.54. The topological polar surface area (TPSA) is 34.4 Å². The van der Waals surface area contributed by atoms with Gasteiger partial charge in [0.15, 0.2) is 4.80 Å². The first kappa shape index (κ1) is 15.2. The van der Waals surface area contributed by atoms with Crippen molar-refractivity contribution < 1.29 is 4.79 Å². The van der Waals surface area contributed by atoms with Crippen molar-refractivity contribution in [1.29, 1.82) is 0 Å². The molecule has 1 aromatic carbocycles. The van der Waals surface area contributed by atoms with Gasteiger partial charge in [-0.1, -0.05) is 39.0 Å². The molecule has 0 atom stereocenters. The SMILES string of the molecule is Cc1cn(-c2csc3ccccc23)c(=NC(=O)C(C)(C)C)s1. The number of thiophene rings is 1. The predicted molar refractivity (Wildman–Crippen MR) is 93.8 cm³/mol. The molecule has 0 saturated carbocycles. The highest BCUT2D eigenvalue weighted by Crippen LogP contribution is 2.28. The molecule has 5 heteroatoms. The van der Waals surface area contributed by atoms with Gasteiger partial charge >= 0.3 is 0 Å². The molecule has 0 N–H and O–H groups in total. The van der Waals surface area contributed by atoms with Crippen molar-refractivity contribution in [3.8, 4) is 5.69 Å². The van der Waals surface area contributed by atoms with Crippen LogP contribution in [0.3, 0.4) is 0 Å². The minimum absolute atomic E-state index is 0.0948. The Balaban J connectivity index is 2.21. The van der Waals surface area contributed by atoms with Gasteiger partial charge < -0.3 is 0 Å². The molecule has 0 bridgehead atoms. The summed E-state index contributed by atoms with van der Waals surface area (Å²) in [6, 6.07) is 8.30. The lowest BCUT2D eigenvalue weighted by Gasteiger charge is -2.11. The Morgan fingerprint density at radius 3 is 2.68 bits per heavy atom. The first-order valence-corrected chi connectivity index (χ1v) is 8.81. The Morgan fingerprint density at radius 1 is 1.23 bits per heavy atom. The number of amides is 1. The van der Waals surface area contributed by atoms with E-state index in [1.807, 2.05) is 50.6 Å². The van der Waals surface area contributed by atoms with Gasteiger partial charge in [-0.05, 0) is 13.0 Å². The third-order valence-corrected chi connectivity index (χ3v) is 5.18. The van der Waals surface area contributed by atoms with Gasteiger partial charge in [-0.25, -0.2) is 0 Å². The quantitative estimate of drug-likeness (QED) is 0.645. The second-order valence-corrected chi connectivity index (χ2v) is 8.40. The molecule has 0 aliphatic rings. The highest BCUT2D eigenvalue weighted by molar-refractivity contribution is 7.17. The highest BCUT2D eigenvalue weighted by atomic mass is 32.1. The molecule has 3 rings (SSSR count). The lowest BCUT2D eigenvalue weighted by atomic mass is 9.96. The molecule has 0 radical (unpaired) electrons. The van der Waals surface area contributed by atoms with Crippen LogP contribution in [0.1, 0.15) is 25.6 Å². The van der Waals surface area contributed by atoms with Gasteiger partial charge in [0.05, 0.1) is 5.69 Å². The number of rotatable bonds is 1. The van der Waals surface area contributed by atoms with E-state index in [0.29, 0.717) is 0 Å².